The number of hydrogen-bond acceptors (Lipinski definition) is 5. The van der Waals surface area contributed by atoms with Gasteiger partial charge in [-0.15, -0.1) is 24.9 Å². The van der Waals surface area contributed by atoms with Crippen molar-refractivity contribution in [1.82, 2.24) is 14.7 Å². The summed E-state index contributed by atoms with van der Waals surface area (Å²) in [6.45, 7) is 23.6. The monoisotopic (exact) mass is 623 g/mol. The van der Waals surface area contributed by atoms with E-state index in [1.54, 1.807) is 33.7 Å². The van der Waals surface area contributed by atoms with Gasteiger partial charge in [-0.2, -0.15) is 0 Å². The van der Waals surface area contributed by atoms with Gasteiger partial charge in [0.15, 0.2) is 0 Å². The van der Waals surface area contributed by atoms with Crippen LogP contribution in [-0.2, 0) is 20.9 Å². The Morgan fingerprint density at radius 2 is 1.75 bits per heavy atom. The Hall–Kier alpha value is -2.58. The zero-order chi connectivity index (χ0) is 32.6. The molecular weight excluding hydrogens is 570 g/mol. The second-order valence-electron chi connectivity index (χ2n) is 14.8. The van der Waals surface area contributed by atoms with Gasteiger partial charge in [-0.05, 0) is 50.0 Å². The van der Waals surface area contributed by atoms with Gasteiger partial charge in [-0.3, -0.25) is 14.4 Å². The number of rotatable bonds is 13. The number of aliphatic hydroxyl groups is 1. The number of nitrogens with zero attached hydrogens (tertiary/aromatic N) is 3. The second-order valence-corrected chi connectivity index (χ2v) is 16.4. The number of carbonyl (C=O) groups is 3. The van der Waals surface area contributed by atoms with Gasteiger partial charge in [-0.25, -0.2) is 0 Å². The van der Waals surface area contributed by atoms with Crippen molar-refractivity contribution in [2.24, 2.45) is 23.2 Å². The normalized spacial score (nSPS) is 28.5. The first-order valence-electron chi connectivity index (χ1n) is 16.1. The fourth-order valence-corrected chi connectivity index (χ4v) is 10.9. The van der Waals surface area contributed by atoms with E-state index in [9.17, 15) is 14.7 Å². The van der Waals surface area contributed by atoms with Crippen molar-refractivity contribution in [1.29, 1.82) is 0 Å². The van der Waals surface area contributed by atoms with E-state index in [1.165, 1.54) is 0 Å². The van der Waals surface area contributed by atoms with Gasteiger partial charge in [0, 0.05) is 30.4 Å². The minimum atomic E-state index is -0.777. The molecular formula is C36H53N3O4S. The average molecular weight is 624 g/mol. The number of fused-ring (bicyclic) bond motifs is 1. The lowest BCUT2D eigenvalue weighted by atomic mass is 9.65. The molecule has 3 saturated heterocycles. The standard InChI is InChI=1S/C36H53N3O4S/c1-10-18-37(21-25-16-14-13-15-17-25)31(41)28-27-20-24(4)36(44-27)29(28)32(42)39(26(12-3)22-40)30(36)33(43)38(19-11-2)35(8,9)23-34(5,6)7/h10-11,13-17,24,26-30,40H,1-2,12,18-23H2,3-9H3/t24?,26-,27+,28-,29-,30?,36?/m0/s1. The fourth-order valence-electron chi connectivity index (χ4n) is 8.54. The summed E-state index contributed by atoms with van der Waals surface area (Å²) >= 11 is 1.69. The second kappa shape index (κ2) is 13.0. The molecule has 44 heavy (non-hydrogen) atoms. The molecule has 1 N–H and O–H groups in total. The summed E-state index contributed by atoms with van der Waals surface area (Å²) in [5.74, 6) is -1.47. The van der Waals surface area contributed by atoms with Crippen LogP contribution in [0.3, 0.4) is 0 Å². The van der Waals surface area contributed by atoms with Crippen LogP contribution in [0.5, 0.6) is 0 Å². The maximum atomic E-state index is 15.1. The third kappa shape index (κ3) is 6.01. The molecule has 0 radical (unpaired) electrons. The molecule has 1 spiro atoms. The van der Waals surface area contributed by atoms with Crippen LogP contribution in [0.2, 0.25) is 0 Å². The number of carbonyl (C=O) groups excluding carboxylic acids is 3. The molecule has 7 atom stereocenters. The molecule has 7 nitrogen and oxygen atoms in total. The van der Waals surface area contributed by atoms with Crippen molar-refractivity contribution < 1.29 is 19.5 Å². The lowest BCUT2D eigenvalue weighted by Crippen LogP contribution is -2.62. The van der Waals surface area contributed by atoms with Crippen LogP contribution in [0.1, 0.15) is 73.3 Å². The van der Waals surface area contributed by atoms with Crippen molar-refractivity contribution in [3.63, 3.8) is 0 Å². The third-order valence-electron chi connectivity index (χ3n) is 9.93. The molecule has 3 unspecified atom stereocenters. The highest BCUT2D eigenvalue weighted by Crippen LogP contribution is 2.69. The SMILES string of the molecule is C=CCN(Cc1ccccc1)C(=O)[C@@H]1[C@H]2C(=O)N([C@@H](CC)CO)C(C(=O)N(CC=C)C(C)(C)CC(C)(C)C)C23S[C@@H]1CC3C. The molecule has 4 rings (SSSR count). The van der Waals surface area contributed by atoms with Gasteiger partial charge in [0.2, 0.25) is 17.7 Å². The topological polar surface area (TPSA) is 81.2 Å². The predicted molar refractivity (Wildman–Crippen MR) is 179 cm³/mol. The summed E-state index contributed by atoms with van der Waals surface area (Å²) in [6.07, 6.45) is 5.53. The zero-order valence-corrected chi connectivity index (χ0v) is 28.6. The molecule has 0 saturated carbocycles. The first-order chi connectivity index (χ1) is 20.7. The Labute approximate surface area is 269 Å². The Bertz CT molecular complexity index is 1240. The summed E-state index contributed by atoms with van der Waals surface area (Å²) < 4.78 is -0.758. The quantitative estimate of drug-likeness (QED) is 0.292. The summed E-state index contributed by atoms with van der Waals surface area (Å²) in [6, 6.07) is 8.58. The number of likely N-dealkylation sites (tertiary alicyclic amines) is 1. The molecule has 2 bridgehead atoms. The van der Waals surface area contributed by atoms with Crippen LogP contribution in [0.15, 0.2) is 55.6 Å². The lowest BCUT2D eigenvalue weighted by Gasteiger charge is -2.47. The highest BCUT2D eigenvalue weighted by atomic mass is 32.2. The molecule has 1 aromatic carbocycles. The highest BCUT2D eigenvalue weighted by molar-refractivity contribution is 8.02. The number of aliphatic hydroxyl groups excluding tert-OH is 1. The summed E-state index contributed by atoms with van der Waals surface area (Å²) in [4.78, 5) is 49.7. The van der Waals surface area contributed by atoms with Crippen molar-refractivity contribution in [2.45, 2.75) is 102 Å². The Balaban J connectivity index is 1.81. The maximum absolute atomic E-state index is 15.1. The van der Waals surface area contributed by atoms with Crippen molar-refractivity contribution in [3.05, 3.63) is 61.2 Å². The van der Waals surface area contributed by atoms with E-state index in [0.717, 1.165) is 18.4 Å². The van der Waals surface area contributed by atoms with Gasteiger partial charge in [0.1, 0.15) is 6.04 Å². The van der Waals surface area contributed by atoms with Gasteiger partial charge in [0.25, 0.3) is 0 Å². The minimum Gasteiger partial charge on any atom is -0.394 e. The third-order valence-corrected chi connectivity index (χ3v) is 12.0. The molecule has 8 heteroatoms. The van der Waals surface area contributed by atoms with E-state index in [1.807, 2.05) is 42.2 Å². The van der Waals surface area contributed by atoms with E-state index in [0.29, 0.717) is 26.1 Å². The molecule has 0 aliphatic carbocycles. The summed E-state index contributed by atoms with van der Waals surface area (Å²) in [5.41, 5.74) is 0.469. The molecule has 1 aromatic rings. The van der Waals surface area contributed by atoms with E-state index >= 15 is 4.79 Å². The number of hydrogen-bond donors (Lipinski definition) is 1. The van der Waals surface area contributed by atoms with Crippen molar-refractivity contribution in [3.8, 4) is 0 Å². The van der Waals surface area contributed by atoms with Gasteiger partial charge >= 0.3 is 0 Å². The van der Waals surface area contributed by atoms with E-state index in [4.69, 9.17) is 0 Å². The van der Waals surface area contributed by atoms with E-state index < -0.39 is 34.2 Å². The van der Waals surface area contributed by atoms with Crippen LogP contribution in [-0.4, -0.2) is 84.8 Å². The molecule has 242 valence electrons. The van der Waals surface area contributed by atoms with Crippen LogP contribution < -0.4 is 0 Å². The van der Waals surface area contributed by atoms with Crippen molar-refractivity contribution in [2.75, 3.05) is 19.7 Å². The molecule has 3 aliphatic heterocycles. The molecule has 3 heterocycles. The molecule has 3 fully saturated rings. The summed E-state index contributed by atoms with van der Waals surface area (Å²) in [7, 11) is 0. The zero-order valence-electron chi connectivity index (χ0n) is 27.8. The minimum absolute atomic E-state index is 0.0367. The average Bonchev–Trinajstić information content (AvgIpc) is 3.54. The highest BCUT2D eigenvalue weighted by Gasteiger charge is 2.77. The van der Waals surface area contributed by atoms with E-state index in [2.05, 4.69) is 54.7 Å². The number of thioether (sulfide) groups is 1. The fraction of sp³-hybridized carbons (Fsp3) is 0.639. The van der Waals surface area contributed by atoms with Crippen LogP contribution >= 0.6 is 11.8 Å². The van der Waals surface area contributed by atoms with Crippen LogP contribution in [0.4, 0.5) is 0 Å². The smallest absolute Gasteiger partial charge is 0.247 e. The van der Waals surface area contributed by atoms with Crippen molar-refractivity contribution >= 4 is 29.5 Å². The Kier molecular flexibility index (Phi) is 10.2. The molecule has 0 aromatic heterocycles. The number of amides is 3. The van der Waals surface area contributed by atoms with Gasteiger partial charge in [0.05, 0.1) is 29.2 Å². The van der Waals surface area contributed by atoms with E-state index in [-0.39, 0.29) is 40.9 Å². The lowest BCUT2D eigenvalue weighted by molar-refractivity contribution is -0.149. The van der Waals surface area contributed by atoms with Crippen LogP contribution in [0, 0.1) is 23.2 Å². The maximum Gasteiger partial charge on any atom is 0.247 e. The Morgan fingerprint density at radius 3 is 2.30 bits per heavy atom. The van der Waals surface area contributed by atoms with Crippen LogP contribution in [0.25, 0.3) is 0 Å². The summed E-state index contributed by atoms with van der Waals surface area (Å²) in [5, 5.41) is 10.5. The van der Waals surface area contributed by atoms with Gasteiger partial charge in [-0.1, -0.05) is 77.1 Å². The molecule has 3 amide bonds. The number of benzene rings is 1. The van der Waals surface area contributed by atoms with Gasteiger partial charge < -0.3 is 19.8 Å². The predicted octanol–water partition coefficient (Wildman–Crippen LogP) is 5.54. The first kappa shape index (κ1) is 34.3. The largest absolute Gasteiger partial charge is 0.394 e. The Morgan fingerprint density at radius 1 is 1.11 bits per heavy atom. The first-order valence-corrected chi connectivity index (χ1v) is 17.0. The molecule has 3 aliphatic rings.